The number of benzene rings is 1. The van der Waals surface area contributed by atoms with Crippen LogP contribution in [-0.4, -0.2) is 64.1 Å². The molecule has 23 heavy (non-hydrogen) atoms. The number of amides is 1. The molecule has 0 unspecified atom stereocenters. The summed E-state index contributed by atoms with van der Waals surface area (Å²) in [6.07, 6.45) is 4.89. The van der Waals surface area contributed by atoms with Gasteiger partial charge in [-0.15, -0.1) is 0 Å². The van der Waals surface area contributed by atoms with Crippen molar-refractivity contribution in [1.82, 2.24) is 25.0 Å². The second-order valence-electron chi connectivity index (χ2n) is 6.28. The van der Waals surface area contributed by atoms with Crippen LogP contribution < -0.4 is 0 Å². The quantitative estimate of drug-likeness (QED) is 0.941. The van der Waals surface area contributed by atoms with Gasteiger partial charge in [-0.05, 0) is 39.1 Å². The average Bonchev–Trinajstić information content (AvgIpc) is 2.98. The lowest BCUT2D eigenvalue weighted by Crippen LogP contribution is -2.41. The molecule has 1 aliphatic rings. The summed E-state index contributed by atoms with van der Waals surface area (Å²) in [6, 6.07) is 8.00. The average molecular weight is 313 g/mol. The Bertz CT molecular complexity index is 636. The van der Waals surface area contributed by atoms with E-state index in [1.807, 2.05) is 29.2 Å². The third kappa shape index (κ3) is 3.59. The van der Waals surface area contributed by atoms with Crippen LogP contribution in [0.4, 0.5) is 0 Å². The van der Waals surface area contributed by atoms with Crippen molar-refractivity contribution in [2.24, 2.45) is 0 Å². The largest absolute Gasteiger partial charge is 0.337 e. The van der Waals surface area contributed by atoms with Gasteiger partial charge in [0.05, 0.1) is 0 Å². The van der Waals surface area contributed by atoms with E-state index in [4.69, 9.17) is 0 Å². The first kappa shape index (κ1) is 15.7. The van der Waals surface area contributed by atoms with Crippen molar-refractivity contribution in [3.63, 3.8) is 0 Å². The highest BCUT2D eigenvalue weighted by Gasteiger charge is 2.24. The van der Waals surface area contributed by atoms with Crippen LogP contribution in [0.3, 0.4) is 0 Å². The monoisotopic (exact) mass is 313 g/mol. The van der Waals surface area contributed by atoms with Crippen LogP contribution in [-0.2, 0) is 0 Å². The maximum absolute atomic E-state index is 12.8. The van der Waals surface area contributed by atoms with Gasteiger partial charge < -0.3 is 9.80 Å². The van der Waals surface area contributed by atoms with Crippen LogP contribution in [0, 0.1) is 0 Å². The van der Waals surface area contributed by atoms with Gasteiger partial charge in [0.15, 0.2) is 5.82 Å². The number of nitrogens with one attached hydrogen (secondary N) is 1. The Balaban J connectivity index is 1.74. The van der Waals surface area contributed by atoms with E-state index >= 15 is 0 Å². The van der Waals surface area contributed by atoms with E-state index in [0.717, 1.165) is 37.1 Å². The molecular formula is C17H23N5O. The molecule has 1 atom stereocenters. The highest BCUT2D eigenvalue weighted by Crippen LogP contribution is 2.19. The van der Waals surface area contributed by atoms with E-state index in [0.29, 0.717) is 11.9 Å². The zero-order valence-corrected chi connectivity index (χ0v) is 13.7. The third-order valence-electron chi connectivity index (χ3n) is 4.48. The molecule has 1 amide bonds. The topological polar surface area (TPSA) is 65.1 Å². The summed E-state index contributed by atoms with van der Waals surface area (Å²) in [6.45, 7) is 1.64. The Morgan fingerprint density at radius 3 is 2.70 bits per heavy atom. The molecule has 0 spiro atoms. The number of carbonyl (C=O) groups excluding carboxylic acids is 1. The molecule has 2 aromatic rings. The summed E-state index contributed by atoms with van der Waals surface area (Å²) in [5.74, 6) is 0.828. The predicted molar refractivity (Wildman–Crippen MR) is 89.0 cm³/mol. The summed E-state index contributed by atoms with van der Waals surface area (Å²) < 4.78 is 0. The standard InChI is InChI=1S/C17H23N5O/c1-21(2)15-5-3-4-10-22(11-15)17(23)14-8-6-13(7-9-14)16-18-12-19-20-16/h6-9,12,15H,3-5,10-11H2,1-2H3,(H,18,19,20)/t15-/m0/s1. The van der Waals surface area contributed by atoms with Crippen molar-refractivity contribution < 1.29 is 4.79 Å². The van der Waals surface area contributed by atoms with E-state index in [-0.39, 0.29) is 5.91 Å². The minimum absolute atomic E-state index is 0.114. The summed E-state index contributed by atoms with van der Waals surface area (Å²) in [7, 11) is 4.18. The van der Waals surface area contributed by atoms with Gasteiger partial charge >= 0.3 is 0 Å². The molecule has 0 bridgehead atoms. The smallest absolute Gasteiger partial charge is 0.253 e. The minimum Gasteiger partial charge on any atom is -0.337 e. The van der Waals surface area contributed by atoms with Gasteiger partial charge in [0.1, 0.15) is 6.33 Å². The summed E-state index contributed by atoms with van der Waals surface area (Å²) in [5, 5.41) is 6.68. The Labute approximate surface area is 136 Å². The van der Waals surface area contributed by atoms with Crippen molar-refractivity contribution in [1.29, 1.82) is 0 Å². The van der Waals surface area contributed by atoms with Crippen molar-refractivity contribution in [2.45, 2.75) is 25.3 Å². The van der Waals surface area contributed by atoms with Gasteiger partial charge in [-0.25, -0.2) is 4.98 Å². The molecule has 0 radical (unpaired) electrons. The van der Waals surface area contributed by atoms with Gasteiger partial charge in [-0.1, -0.05) is 18.6 Å². The highest BCUT2D eigenvalue weighted by atomic mass is 16.2. The molecule has 1 fully saturated rings. The van der Waals surface area contributed by atoms with E-state index in [1.54, 1.807) is 0 Å². The number of aromatic nitrogens is 3. The number of likely N-dealkylation sites (N-methyl/N-ethyl adjacent to an activating group) is 1. The van der Waals surface area contributed by atoms with E-state index in [9.17, 15) is 4.79 Å². The highest BCUT2D eigenvalue weighted by molar-refractivity contribution is 5.94. The normalized spacial score (nSPS) is 18.9. The zero-order valence-electron chi connectivity index (χ0n) is 13.7. The van der Waals surface area contributed by atoms with Crippen molar-refractivity contribution in [3.05, 3.63) is 36.2 Å². The van der Waals surface area contributed by atoms with Crippen molar-refractivity contribution in [2.75, 3.05) is 27.2 Å². The second-order valence-corrected chi connectivity index (χ2v) is 6.28. The van der Waals surface area contributed by atoms with Crippen LogP contribution in [0.5, 0.6) is 0 Å². The first-order valence-electron chi connectivity index (χ1n) is 8.06. The Morgan fingerprint density at radius 1 is 1.26 bits per heavy atom. The molecule has 0 aliphatic carbocycles. The van der Waals surface area contributed by atoms with E-state index < -0.39 is 0 Å². The number of rotatable bonds is 3. The molecule has 3 rings (SSSR count). The molecule has 1 aromatic carbocycles. The summed E-state index contributed by atoms with van der Waals surface area (Å²) >= 11 is 0. The molecule has 2 heterocycles. The number of hydrogen-bond donors (Lipinski definition) is 1. The molecule has 1 aromatic heterocycles. The molecule has 6 nitrogen and oxygen atoms in total. The molecule has 6 heteroatoms. The van der Waals surface area contributed by atoms with Crippen LogP contribution in [0.2, 0.25) is 0 Å². The molecule has 1 N–H and O–H groups in total. The van der Waals surface area contributed by atoms with Gasteiger partial charge in [-0.2, -0.15) is 5.10 Å². The van der Waals surface area contributed by atoms with E-state index in [1.165, 1.54) is 12.7 Å². The maximum atomic E-state index is 12.8. The second kappa shape index (κ2) is 6.91. The lowest BCUT2D eigenvalue weighted by Gasteiger charge is -2.28. The third-order valence-corrected chi connectivity index (χ3v) is 4.48. The van der Waals surface area contributed by atoms with Crippen LogP contribution in [0.25, 0.3) is 11.4 Å². The first-order valence-corrected chi connectivity index (χ1v) is 8.06. The Morgan fingerprint density at radius 2 is 2.04 bits per heavy atom. The summed E-state index contributed by atoms with van der Waals surface area (Å²) in [4.78, 5) is 21.1. The lowest BCUT2D eigenvalue weighted by molar-refractivity contribution is 0.0725. The Kier molecular flexibility index (Phi) is 4.71. The number of H-pyrrole nitrogens is 1. The summed E-state index contributed by atoms with van der Waals surface area (Å²) in [5.41, 5.74) is 1.66. The zero-order chi connectivity index (χ0) is 16.2. The first-order chi connectivity index (χ1) is 11.1. The number of nitrogens with zero attached hydrogens (tertiary/aromatic N) is 4. The fourth-order valence-electron chi connectivity index (χ4n) is 3.02. The van der Waals surface area contributed by atoms with Gasteiger partial charge in [0.2, 0.25) is 0 Å². The minimum atomic E-state index is 0.114. The van der Waals surface area contributed by atoms with Crippen LogP contribution in [0.1, 0.15) is 29.6 Å². The maximum Gasteiger partial charge on any atom is 0.253 e. The van der Waals surface area contributed by atoms with Crippen LogP contribution >= 0.6 is 0 Å². The fourth-order valence-corrected chi connectivity index (χ4v) is 3.02. The van der Waals surface area contributed by atoms with Gasteiger partial charge in [0.25, 0.3) is 5.91 Å². The molecular weight excluding hydrogens is 290 g/mol. The molecule has 122 valence electrons. The lowest BCUT2D eigenvalue weighted by atomic mass is 10.1. The number of hydrogen-bond acceptors (Lipinski definition) is 4. The number of aromatic amines is 1. The predicted octanol–water partition coefficient (Wildman–Crippen LogP) is 2.03. The Hall–Kier alpha value is -2.21. The molecule has 1 saturated heterocycles. The number of likely N-dealkylation sites (tertiary alicyclic amines) is 1. The fraction of sp³-hybridized carbons (Fsp3) is 0.471. The van der Waals surface area contributed by atoms with Gasteiger partial charge in [0, 0.05) is 30.3 Å². The van der Waals surface area contributed by atoms with Crippen LogP contribution in [0.15, 0.2) is 30.6 Å². The molecule has 0 saturated carbocycles. The SMILES string of the molecule is CN(C)[C@H]1CCCCN(C(=O)c2ccc(-c3ncn[nH]3)cc2)C1. The van der Waals surface area contributed by atoms with Gasteiger partial charge in [-0.3, -0.25) is 9.89 Å². The molecule has 1 aliphatic heterocycles. The number of carbonyl (C=O) groups is 1. The van der Waals surface area contributed by atoms with Crippen molar-refractivity contribution >= 4 is 5.91 Å². The van der Waals surface area contributed by atoms with E-state index in [2.05, 4.69) is 34.2 Å². The van der Waals surface area contributed by atoms with Crippen molar-refractivity contribution in [3.8, 4) is 11.4 Å².